The van der Waals surface area contributed by atoms with E-state index in [2.05, 4.69) is 11.9 Å². The first-order chi connectivity index (χ1) is 9.20. The van der Waals surface area contributed by atoms with Crippen LogP contribution >= 0.6 is 11.6 Å². The van der Waals surface area contributed by atoms with Gasteiger partial charge in [-0.05, 0) is 37.6 Å². The number of halogens is 1. The predicted molar refractivity (Wildman–Crippen MR) is 76.7 cm³/mol. The zero-order chi connectivity index (χ0) is 13.4. The Balaban J connectivity index is 2.18. The summed E-state index contributed by atoms with van der Waals surface area (Å²) in [6, 6.07) is 3.88. The normalized spacial score (nSPS) is 15.9. The lowest BCUT2D eigenvalue weighted by Crippen LogP contribution is -2.19. The fourth-order valence-electron chi connectivity index (χ4n) is 2.86. The summed E-state index contributed by atoms with van der Waals surface area (Å²) in [6.07, 6.45) is 2.48. The van der Waals surface area contributed by atoms with E-state index in [0.717, 1.165) is 48.7 Å². The second-order valence-corrected chi connectivity index (χ2v) is 5.63. The van der Waals surface area contributed by atoms with Crippen molar-refractivity contribution in [1.29, 1.82) is 0 Å². The van der Waals surface area contributed by atoms with Gasteiger partial charge in [-0.3, -0.25) is 0 Å². The fourth-order valence-corrected chi connectivity index (χ4v) is 3.11. The Hall–Kier alpha value is -1.03. The molecule has 102 valence electrons. The molecule has 1 aliphatic rings. The molecule has 3 rings (SSSR count). The highest BCUT2D eigenvalue weighted by molar-refractivity contribution is 6.32. The predicted octanol–water partition coefficient (Wildman–Crippen LogP) is 3.00. The van der Waals surface area contributed by atoms with Gasteiger partial charge in [0.15, 0.2) is 0 Å². The molecule has 3 nitrogen and oxygen atoms in total. The van der Waals surface area contributed by atoms with Gasteiger partial charge in [0.25, 0.3) is 0 Å². The Kier molecular flexibility index (Phi) is 3.52. The molecule has 0 fully saturated rings. The third-order valence-electron chi connectivity index (χ3n) is 3.82. The third kappa shape index (κ3) is 2.27. The zero-order valence-corrected chi connectivity index (χ0v) is 11.8. The maximum absolute atomic E-state index is 9.01. The van der Waals surface area contributed by atoms with Crippen LogP contribution in [-0.4, -0.2) is 30.2 Å². The maximum Gasteiger partial charge on any atom is 0.135 e. The first-order valence-corrected chi connectivity index (χ1v) is 7.09. The molecule has 4 heteroatoms. The molecule has 2 heterocycles. The van der Waals surface area contributed by atoms with Crippen molar-refractivity contribution in [3.8, 4) is 0 Å². The van der Waals surface area contributed by atoms with Crippen LogP contribution in [0.25, 0.3) is 11.0 Å². The summed E-state index contributed by atoms with van der Waals surface area (Å²) in [7, 11) is 2.12. The Labute approximate surface area is 117 Å². The molecule has 0 atom stereocenters. The number of hydrogen-bond donors (Lipinski definition) is 1. The van der Waals surface area contributed by atoms with E-state index < -0.39 is 0 Å². The summed E-state index contributed by atoms with van der Waals surface area (Å²) in [4.78, 5) is 2.29. The van der Waals surface area contributed by atoms with Crippen molar-refractivity contribution in [2.45, 2.75) is 25.8 Å². The van der Waals surface area contributed by atoms with Crippen LogP contribution in [0.2, 0.25) is 5.02 Å². The van der Waals surface area contributed by atoms with Crippen molar-refractivity contribution in [3.05, 3.63) is 34.0 Å². The van der Waals surface area contributed by atoms with Gasteiger partial charge >= 0.3 is 0 Å². The average Bonchev–Trinajstić information content (AvgIpc) is 2.62. The highest BCUT2D eigenvalue weighted by Crippen LogP contribution is 2.36. The Morgan fingerprint density at radius 1 is 1.37 bits per heavy atom. The molecule has 0 spiro atoms. The van der Waals surface area contributed by atoms with Crippen LogP contribution in [0.1, 0.15) is 23.3 Å². The highest BCUT2D eigenvalue weighted by atomic mass is 35.5. The summed E-state index contributed by atoms with van der Waals surface area (Å²) in [5.41, 5.74) is 3.39. The van der Waals surface area contributed by atoms with Gasteiger partial charge < -0.3 is 14.4 Å². The van der Waals surface area contributed by atoms with Gasteiger partial charge in [-0.15, -0.1) is 0 Å². The minimum atomic E-state index is 0.194. The molecule has 1 aliphatic heterocycles. The molecular weight excluding hydrogens is 262 g/mol. The summed E-state index contributed by atoms with van der Waals surface area (Å²) in [5, 5.41) is 11.0. The molecule has 1 aromatic heterocycles. The lowest BCUT2D eigenvalue weighted by atomic mass is 10.0. The second-order valence-electron chi connectivity index (χ2n) is 5.22. The van der Waals surface area contributed by atoms with Gasteiger partial charge in [0.1, 0.15) is 11.3 Å². The van der Waals surface area contributed by atoms with Gasteiger partial charge in [0.05, 0.1) is 0 Å². The summed E-state index contributed by atoms with van der Waals surface area (Å²) >= 11 is 6.34. The molecule has 19 heavy (non-hydrogen) atoms. The van der Waals surface area contributed by atoms with Crippen molar-refractivity contribution in [2.75, 3.05) is 20.2 Å². The van der Waals surface area contributed by atoms with Crippen molar-refractivity contribution >= 4 is 22.6 Å². The van der Waals surface area contributed by atoms with Gasteiger partial charge in [-0.1, -0.05) is 11.6 Å². The third-order valence-corrected chi connectivity index (χ3v) is 4.18. The number of aliphatic hydroxyl groups excluding tert-OH is 1. The average molecular weight is 280 g/mol. The number of aryl methyl sites for hydroxylation is 1. The molecule has 0 bridgehead atoms. The first-order valence-electron chi connectivity index (χ1n) is 6.71. The number of likely N-dealkylation sites (N-methyl/N-ethyl adjacent to an activating group) is 1. The van der Waals surface area contributed by atoms with E-state index in [1.165, 1.54) is 16.5 Å². The number of furan rings is 1. The lowest BCUT2D eigenvalue weighted by Gasteiger charge is -2.13. The minimum absolute atomic E-state index is 0.194. The van der Waals surface area contributed by atoms with Crippen LogP contribution in [0.5, 0.6) is 0 Å². The quantitative estimate of drug-likeness (QED) is 0.938. The second kappa shape index (κ2) is 5.16. The largest absolute Gasteiger partial charge is 0.461 e. The van der Waals surface area contributed by atoms with Gasteiger partial charge in [-0.25, -0.2) is 0 Å². The smallest absolute Gasteiger partial charge is 0.135 e. The fraction of sp³-hybridized carbons (Fsp3) is 0.467. The highest BCUT2D eigenvalue weighted by Gasteiger charge is 2.22. The van der Waals surface area contributed by atoms with Crippen molar-refractivity contribution in [3.63, 3.8) is 0 Å². The van der Waals surface area contributed by atoms with E-state index in [4.69, 9.17) is 21.1 Å². The van der Waals surface area contributed by atoms with Crippen LogP contribution < -0.4 is 0 Å². The van der Waals surface area contributed by atoms with Crippen LogP contribution in [-0.2, 0) is 19.4 Å². The van der Waals surface area contributed by atoms with Gasteiger partial charge in [0, 0.05) is 42.1 Å². The number of benzene rings is 1. The number of rotatable bonds is 3. The molecule has 2 aromatic rings. The SMILES string of the molecule is CN1CCc2c(Cl)ccc3oc(CCCO)c(c23)C1. The molecule has 0 radical (unpaired) electrons. The van der Waals surface area contributed by atoms with E-state index in [1.54, 1.807) is 0 Å². The van der Waals surface area contributed by atoms with E-state index in [1.807, 2.05) is 12.1 Å². The van der Waals surface area contributed by atoms with Crippen LogP contribution in [0.15, 0.2) is 16.5 Å². The van der Waals surface area contributed by atoms with Crippen LogP contribution in [0.4, 0.5) is 0 Å². The minimum Gasteiger partial charge on any atom is -0.461 e. The van der Waals surface area contributed by atoms with Crippen LogP contribution in [0.3, 0.4) is 0 Å². The molecular formula is C15H18ClNO2. The van der Waals surface area contributed by atoms with Gasteiger partial charge in [-0.2, -0.15) is 0 Å². The molecule has 0 amide bonds. The standard InChI is InChI=1S/C15H18ClNO2/c1-17-7-6-10-12(16)4-5-14-15(10)11(9-17)13(19-14)3-2-8-18/h4-5,18H,2-3,6-9H2,1H3. The number of nitrogens with zero attached hydrogens (tertiary/aromatic N) is 1. The number of aliphatic hydroxyl groups is 1. The van der Waals surface area contributed by atoms with E-state index in [-0.39, 0.29) is 6.61 Å². The number of hydrogen-bond acceptors (Lipinski definition) is 3. The monoisotopic (exact) mass is 279 g/mol. The molecule has 0 saturated heterocycles. The molecule has 0 saturated carbocycles. The van der Waals surface area contributed by atoms with E-state index in [9.17, 15) is 0 Å². The Morgan fingerprint density at radius 2 is 2.21 bits per heavy atom. The van der Waals surface area contributed by atoms with Crippen molar-refractivity contribution in [2.24, 2.45) is 0 Å². The Bertz CT molecular complexity index is 606. The Morgan fingerprint density at radius 3 is 3.00 bits per heavy atom. The maximum atomic E-state index is 9.01. The summed E-state index contributed by atoms with van der Waals surface area (Å²) in [5.74, 6) is 1.00. The topological polar surface area (TPSA) is 36.6 Å². The summed E-state index contributed by atoms with van der Waals surface area (Å²) in [6.45, 7) is 2.09. The van der Waals surface area contributed by atoms with Gasteiger partial charge in [0.2, 0.25) is 0 Å². The molecule has 0 aliphatic carbocycles. The lowest BCUT2D eigenvalue weighted by molar-refractivity contribution is 0.283. The van der Waals surface area contributed by atoms with Crippen molar-refractivity contribution in [1.82, 2.24) is 4.90 Å². The molecule has 0 unspecified atom stereocenters. The van der Waals surface area contributed by atoms with E-state index in [0.29, 0.717) is 0 Å². The van der Waals surface area contributed by atoms with E-state index >= 15 is 0 Å². The molecule has 1 N–H and O–H groups in total. The van der Waals surface area contributed by atoms with Crippen LogP contribution in [0, 0.1) is 0 Å². The summed E-state index contributed by atoms with van der Waals surface area (Å²) < 4.78 is 5.98. The molecule has 1 aromatic carbocycles. The van der Waals surface area contributed by atoms with Crippen molar-refractivity contribution < 1.29 is 9.52 Å². The first kappa shape index (κ1) is 13.0. The zero-order valence-electron chi connectivity index (χ0n) is 11.1.